The van der Waals surface area contributed by atoms with Crippen LogP contribution in [0.4, 0.5) is 4.79 Å². The molecule has 4 atom stereocenters. The van der Waals surface area contributed by atoms with Gasteiger partial charge in [0, 0.05) is 12.6 Å². The zero-order valence-corrected chi connectivity index (χ0v) is 26.4. The van der Waals surface area contributed by atoms with Crippen molar-refractivity contribution in [3.8, 4) is 0 Å². The minimum Gasteiger partial charge on any atom is -0.444 e. The van der Waals surface area contributed by atoms with E-state index in [0.29, 0.717) is 18.9 Å². The van der Waals surface area contributed by atoms with Gasteiger partial charge in [0.15, 0.2) is 0 Å². The molecule has 1 aromatic rings. The zero-order chi connectivity index (χ0) is 29.9. The van der Waals surface area contributed by atoms with Gasteiger partial charge < -0.3 is 20.3 Å². The molecule has 7 heteroatoms. The maximum Gasteiger partial charge on any atom is 0.408 e. The Morgan fingerprint density at radius 1 is 1.00 bits per heavy atom. The number of aryl methyl sites for hydroxylation is 1. The minimum atomic E-state index is -0.831. The number of alkyl carbamates (subject to hydrolysis) is 1. The van der Waals surface area contributed by atoms with E-state index in [9.17, 15) is 14.4 Å². The smallest absolute Gasteiger partial charge is 0.408 e. The average molecular weight is 546 g/mol. The van der Waals surface area contributed by atoms with E-state index in [2.05, 4.69) is 31.4 Å². The minimum absolute atomic E-state index is 0.160. The van der Waals surface area contributed by atoms with Gasteiger partial charge in [-0.1, -0.05) is 65.7 Å². The molecule has 0 spiro atoms. The van der Waals surface area contributed by atoms with Crippen LogP contribution >= 0.6 is 0 Å². The first-order chi connectivity index (χ1) is 18.1. The van der Waals surface area contributed by atoms with Crippen molar-refractivity contribution in [3.63, 3.8) is 0 Å². The summed E-state index contributed by atoms with van der Waals surface area (Å²) in [4.78, 5) is 43.1. The van der Waals surface area contributed by atoms with Gasteiger partial charge in [-0.25, -0.2) is 4.79 Å². The molecule has 3 amide bonds. The maximum atomic E-state index is 14.6. The molecule has 1 rings (SSSR count). The fraction of sp³-hybridized carbons (Fsp3) is 0.719. The number of unbranched alkanes of at least 4 members (excludes halogenated alkanes) is 1. The topological polar surface area (TPSA) is 87.7 Å². The van der Waals surface area contributed by atoms with Gasteiger partial charge in [-0.2, -0.15) is 0 Å². The Labute approximate surface area is 237 Å². The standard InChI is InChI=1S/C32H55N3O4/c1-12-14-20-33-29(36)28(26-17-15-16-23(6)25(26)8)35(24(7)19-18-21(3)4)30(37)27(22(5)13-2)34-31(38)39-32(9,10)11/h15-17,21-22,24,27-28H,12-14,18-20H2,1-11H3,(H,33,36)(H,34,38). The van der Waals surface area contributed by atoms with Crippen LogP contribution in [0.2, 0.25) is 0 Å². The second-order valence-electron chi connectivity index (χ2n) is 12.4. The van der Waals surface area contributed by atoms with Crippen LogP contribution in [-0.2, 0) is 14.3 Å². The third kappa shape index (κ3) is 10.8. The van der Waals surface area contributed by atoms with E-state index >= 15 is 0 Å². The van der Waals surface area contributed by atoms with Crippen molar-refractivity contribution in [3.05, 3.63) is 34.9 Å². The zero-order valence-electron chi connectivity index (χ0n) is 26.4. The van der Waals surface area contributed by atoms with Gasteiger partial charge in [0.1, 0.15) is 17.7 Å². The molecule has 0 aliphatic carbocycles. The van der Waals surface area contributed by atoms with Crippen LogP contribution in [0.3, 0.4) is 0 Å². The lowest BCUT2D eigenvalue weighted by atomic mass is 9.91. The van der Waals surface area contributed by atoms with Gasteiger partial charge in [-0.05, 0) is 89.3 Å². The summed E-state index contributed by atoms with van der Waals surface area (Å²) in [5.74, 6) is -0.163. The third-order valence-electron chi connectivity index (χ3n) is 7.34. The maximum absolute atomic E-state index is 14.6. The highest BCUT2D eigenvalue weighted by Gasteiger charge is 2.40. The van der Waals surface area contributed by atoms with Crippen molar-refractivity contribution in [2.75, 3.05) is 6.54 Å². The van der Waals surface area contributed by atoms with E-state index in [1.54, 1.807) is 25.7 Å². The number of amides is 3. The normalized spacial score (nSPS) is 14.8. The van der Waals surface area contributed by atoms with Crippen molar-refractivity contribution >= 4 is 17.9 Å². The summed E-state index contributed by atoms with van der Waals surface area (Å²) >= 11 is 0. The van der Waals surface area contributed by atoms with E-state index in [4.69, 9.17) is 4.74 Å². The lowest BCUT2D eigenvalue weighted by molar-refractivity contribution is -0.146. The summed E-state index contributed by atoms with van der Waals surface area (Å²) in [5, 5.41) is 5.96. The number of nitrogens with zero attached hydrogens (tertiary/aromatic N) is 1. The van der Waals surface area contributed by atoms with Crippen molar-refractivity contribution in [2.45, 2.75) is 132 Å². The molecule has 0 radical (unpaired) electrons. The van der Waals surface area contributed by atoms with Crippen LogP contribution in [0, 0.1) is 25.7 Å². The van der Waals surface area contributed by atoms with Crippen molar-refractivity contribution < 1.29 is 19.1 Å². The molecule has 39 heavy (non-hydrogen) atoms. The highest BCUT2D eigenvalue weighted by atomic mass is 16.6. The van der Waals surface area contributed by atoms with Crippen LogP contribution in [0.15, 0.2) is 18.2 Å². The van der Waals surface area contributed by atoms with Crippen molar-refractivity contribution in [2.24, 2.45) is 11.8 Å². The molecule has 7 nitrogen and oxygen atoms in total. The molecule has 2 N–H and O–H groups in total. The van der Waals surface area contributed by atoms with Crippen LogP contribution in [-0.4, -0.2) is 47.0 Å². The van der Waals surface area contributed by atoms with Gasteiger partial charge in [0.25, 0.3) is 0 Å². The predicted octanol–water partition coefficient (Wildman–Crippen LogP) is 6.85. The summed E-state index contributed by atoms with van der Waals surface area (Å²) < 4.78 is 5.53. The second kappa shape index (κ2) is 15.9. The number of carbonyl (C=O) groups is 3. The Balaban J connectivity index is 3.70. The van der Waals surface area contributed by atoms with E-state index in [1.165, 1.54) is 0 Å². The monoisotopic (exact) mass is 545 g/mol. The van der Waals surface area contributed by atoms with Crippen molar-refractivity contribution in [1.82, 2.24) is 15.5 Å². The SMILES string of the molecule is CCCCNC(=O)C(c1cccc(C)c1C)N(C(=O)C(NC(=O)OC(C)(C)C)C(C)CC)C(C)CCC(C)C. The fourth-order valence-corrected chi connectivity index (χ4v) is 4.56. The fourth-order valence-electron chi connectivity index (χ4n) is 4.56. The van der Waals surface area contributed by atoms with Gasteiger partial charge in [0.2, 0.25) is 11.8 Å². The Bertz CT molecular complexity index is 938. The molecule has 0 aliphatic heterocycles. The quantitative estimate of drug-likeness (QED) is 0.250. The molecule has 0 heterocycles. The molecule has 0 aliphatic rings. The first kappa shape index (κ1) is 34.5. The number of hydrogen-bond donors (Lipinski definition) is 2. The summed E-state index contributed by atoms with van der Waals surface area (Å²) in [6, 6.07) is 4.03. The van der Waals surface area contributed by atoms with E-state index < -0.39 is 23.8 Å². The van der Waals surface area contributed by atoms with Crippen LogP contribution in [0.25, 0.3) is 0 Å². The average Bonchev–Trinajstić information content (AvgIpc) is 2.84. The number of benzene rings is 1. The van der Waals surface area contributed by atoms with Crippen LogP contribution < -0.4 is 10.6 Å². The number of ether oxygens (including phenoxy) is 1. The molecule has 0 fully saturated rings. The lowest BCUT2D eigenvalue weighted by Gasteiger charge is -2.40. The summed E-state index contributed by atoms with van der Waals surface area (Å²) in [7, 11) is 0. The molecule has 0 saturated heterocycles. The van der Waals surface area contributed by atoms with Gasteiger partial charge in [-0.15, -0.1) is 0 Å². The second-order valence-corrected chi connectivity index (χ2v) is 12.4. The van der Waals surface area contributed by atoms with Gasteiger partial charge in [-0.3, -0.25) is 9.59 Å². The van der Waals surface area contributed by atoms with Crippen LogP contribution in [0.5, 0.6) is 0 Å². The van der Waals surface area contributed by atoms with E-state index in [-0.39, 0.29) is 23.8 Å². The first-order valence-electron chi connectivity index (χ1n) is 14.8. The van der Waals surface area contributed by atoms with Gasteiger partial charge in [0.05, 0.1) is 0 Å². The Kier molecular flexibility index (Phi) is 14.0. The highest BCUT2D eigenvalue weighted by Crippen LogP contribution is 2.31. The number of carbonyl (C=O) groups excluding carboxylic acids is 3. The molecule has 222 valence electrons. The molecular formula is C32H55N3O4. The Hall–Kier alpha value is -2.57. The highest BCUT2D eigenvalue weighted by molar-refractivity contribution is 5.92. The summed E-state index contributed by atoms with van der Waals surface area (Å²) in [5.41, 5.74) is 2.17. The number of rotatable bonds is 14. The molecule has 1 aromatic carbocycles. The molecular weight excluding hydrogens is 490 g/mol. The van der Waals surface area contributed by atoms with E-state index in [1.807, 2.05) is 52.8 Å². The first-order valence-corrected chi connectivity index (χ1v) is 14.8. The Morgan fingerprint density at radius 2 is 1.64 bits per heavy atom. The lowest BCUT2D eigenvalue weighted by Crippen LogP contribution is -2.57. The summed E-state index contributed by atoms with van der Waals surface area (Å²) in [6.07, 6.45) is 3.51. The Morgan fingerprint density at radius 3 is 2.18 bits per heavy atom. The van der Waals surface area contributed by atoms with Crippen LogP contribution in [0.1, 0.15) is 117 Å². The number of nitrogens with one attached hydrogen (secondary N) is 2. The molecule has 4 unspecified atom stereocenters. The largest absolute Gasteiger partial charge is 0.444 e. The molecule has 0 aromatic heterocycles. The van der Waals surface area contributed by atoms with Crippen molar-refractivity contribution in [1.29, 1.82) is 0 Å². The van der Waals surface area contributed by atoms with Gasteiger partial charge >= 0.3 is 6.09 Å². The molecule has 0 saturated carbocycles. The molecule has 0 bridgehead atoms. The summed E-state index contributed by atoms with van der Waals surface area (Å²) in [6.45, 7) is 22.3. The predicted molar refractivity (Wildman–Crippen MR) is 160 cm³/mol. The number of hydrogen-bond acceptors (Lipinski definition) is 4. The third-order valence-corrected chi connectivity index (χ3v) is 7.34. The van der Waals surface area contributed by atoms with E-state index in [0.717, 1.165) is 42.4 Å².